The highest BCUT2D eigenvalue weighted by Gasteiger charge is 2.21. The van der Waals surface area contributed by atoms with Gasteiger partial charge in [0.25, 0.3) is 5.69 Å². The Morgan fingerprint density at radius 1 is 1.38 bits per heavy atom. The molecule has 0 spiro atoms. The molecule has 0 aliphatic rings. The van der Waals surface area contributed by atoms with E-state index in [-0.39, 0.29) is 16.3 Å². The number of nitro benzene ring substituents is 1. The standard InChI is InChI=1S/C11H16N4O5S/c1-3-13-11(16)7-14-21(19,20)10-5-4-8(15(17)18)6-9(10)12-2/h4-6,12,14H,3,7H2,1-2H3,(H,13,16). The molecule has 0 radical (unpaired) electrons. The van der Waals surface area contributed by atoms with Crippen LogP contribution >= 0.6 is 0 Å². The number of carbonyl (C=O) groups excluding carboxylic acids is 1. The summed E-state index contributed by atoms with van der Waals surface area (Å²) in [5.41, 5.74) is -0.158. The normalized spacial score (nSPS) is 11.0. The number of sulfonamides is 1. The van der Waals surface area contributed by atoms with Crippen molar-refractivity contribution in [1.82, 2.24) is 10.0 Å². The number of nitrogens with one attached hydrogen (secondary N) is 3. The summed E-state index contributed by atoms with van der Waals surface area (Å²) in [6.45, 7) is 1.69. The maximum Gasteiger partial charge on any atom is 0.271 e. The van der Waals surface area contributed by atoms with Crippen LogP contribution in [0.4, 0.5) is 11.4 Å². The van der Waals surface area contributed by atoms with Gasteiger partial charge < -0.3 is 10.6 Å². The molecule has 0 unspecified atom stereocenters. The van der Waals surface area contributed by atoms with Gasteiger partial charge in [0.15, 0.2) is 0 Å². The van der Waals surface area contributed by atoms with E-state index in [9.17, 15) is 23.3 Å². The first-order chi connectivity index (χ1) is 9.81. The molecular weight excluding hydrogens is 300 g/mol. The number of non-ortho nitro benzene ring substituents is 1. The molecule has 0 heterocycles. The molecule has 116 valence electrons. The molecule has 9 nitrogen and oxygen atoms in total. The lowest BCUT2D eigenvalue weighted by Gasteiger charge is -2.11. The third-order valence-corrected chi connectivity index (χ3v) is 3.99. The zero-order chi connectivity index (χ0) is 16.0. The lowest BCUT2D eigenvalue weighted by molar-refractivity contribution is -0.384. The number of nitro groups is 1. The van der Waals surface area contributed by atoms with Crippen LogP contribution in [0.2, 0.25) is 0 Å². The lowest BCUT2D eigenvalue weighted by Crippen LogP contribution is -2.36. The van der Waals surface area contributed by atoms with Crippen molar-refractivity contribution in [1.29, 1.82) is 0 Å². The van der Waals surface area contributed by atoms with Gasteiger partial charge in [-0.25, -0.2) is 13.1 Å². The third-order valence-electron chi connectivity index (χ3n) is 2.53. The highest BCUT2D eigenvalue weighted by atomic mass is 32.2. The fraction of sp³-hybridized carbons (Fsp3) is 0.364. The van der Waals surface area contributed by atoms with Crippen molar-refractivity contribution in [3.05, 3.63) is 28.3 Å². The molecule has 10 heteroatoms. The van der Waals surface area contributed by atoms with Gasteiger partial charge in [-0.15, -0.1) is 0 Å². The van der Waals surface area contributed by atoms with Crippen LogP contribution in [0.5, 0.6) is 0 Å². The molecule has 0 aromatic heterocycles. The molecule has 1 rings (SSSR count). The van der Waals surface area contributed by atoms with E-state index >= 15 is 0 Å². The Balaban J connectivity index is 3.02. The maximum atomic E-state index is 12.1. The largest absolute Gasteiger partial charge is 0.387 e. The van der Waals surface area contributed by atoms with Crippen LogP contribution in [0, 0.1) is 10.1 Å². The van der Waals surface area contributed by atoms with E-state index in [0.29, 0.717) is 6.54 Å². The van der Waals surface area contributed by atoms with Crippen LogP contribution in [0.3, 0.4) is 0 Å². The Morgan fingerprint density at radius 3 is 2.57 bits per heavy atom. The summed E-state index contributed by atoms with van der Waals surface area (Å²) >= 11 is 0. The van der Waals surface area contributed by atoms with Gasteiger partial charge in [0.2, 0.25) is 15.9 Å². The van der Waals surface area contributed by atoms with Gasteiger partial charge in [0.1, 0.15) is 4.90 Å². The number of benzene rings is 1. The number of nitrogens with zero attached hydrogens (tertiary/aromatic N) is 1. The third kappa shape index (κ3) is 4.39. The summed E-state index contributed by atoms with van der Waals surface area (Å²) < 4.78 is 26.3. The summed E-state index contributed by atoms with van der Waals surface area (Å²) in [7, 11) is -2.51. The molecule has 0 aliphatic carbocycles. The highest BCUT2D eigenvalue weighted by Crippen LogP contribution is 2.25. The minimum Gasteiger partial charge on any atom is -0.387 e. The molecule has 0 atom stereocenters. The van der Waals surface area contributed by atoms with E-state index in [2.05, 4.69) is 15.4 Å². The smallest absolute Gasteiger partial charge is 0.271 e. The van der Waals surface area contributed by atoms with Crippen LogP contribution in [0.15, 0.2) is 23.1 Å². The van der Waals surface area contributed by atoms with Crippen LogP contribution in [0.25, 0.3) is 0 Å². The number of carbonyl (C=O) groups is 1. The van der Waals surface area contributed by atoms with E-state index < -0.39 is 27.4 Å². The van der Waals surface area contributed by atoms with E-state index in [1.807, 2.05) is 0 Å². The quantitative estimate of drug-likeness (QED) is 0.481. The van der Waals surface area contributed by atoms with E-state index in [1.54, 1.807) is 6.92 Å². The first-order valence-electron chi connectivity index (χ1n) is 6.04. The van der Waals surface area contributed by atoms with Crippen LogP contribution in [-0.4, -0.2) is 39.4 Å². The number of amides is 1. The number of hydrogen-bond acceptors (Lipinski definition) is 6. The van der Waals surface area contributed by atoms with Crippen LogP contribution in [-0.2, 0) is 14.8 Å². The van der Waals surface area contributed by atoms with Gasteiger partial charge in [-0.1, -0.05) is 0 Å². The van der Waals surface area contributed by atoms with Gasteiger partial charge in [0, 0.05) is 25.7 Å². The summed E-state index contributed by atoms with van der Waals surface area (Å²) in [6, 6.07) is 3.31. The molecule has 1 aromatic carbocycles. The molecule has 1 amide bonds. The maximum absolute atomic E-state index is 12.1. The molecule has 3 N–H and O–H groups in total. The Hall–Kier alpha value is -2.20. The summed E-state index contributed by atoms with van der Waals surface area (Å²) in [4.78, 5) is 21.2. The minimum atomic E-state index is -3.95. The molecule has 0 bridgehead atoms. The summed E-state index contributed by atoms with van der Waals surface area (Å²) in [5.74, 6) is -0.464. The molecule has 0 aliphatic heterocycles. The Bertz CT molecular complexity index is 644. The predicted molar refractivity (Wildman–Crippen MR) is 76.5 cm³/mol. The van der Waals surface area contributed by atoms with Crippen molar-refractivity contribution in [3.63, 3.8) is 0 Å². The van der Waals surface area contributed by atoms with Crippen LogP contribution in [0.1, 0.15) is 6.92 Å². The van der Waals surface area contributed by atoms with Crippen molar-refractivity contribution >= 4 is 27.3 Å². The van der Waals surface area contributed by atoms with E-state index in [1.165, 1.54) is 7.05 Å². The van der Waals surface area contributed by atoms with Crippen molar-refractivity contribution in [2.75, 3.05) is 25.5 Å². The molecule has 1 aromatic rings. The van der Waals surface area contributed by atoms with Gasteiger partial charge in [0.05, 0.1) is 17.2 Å². The number of hydrogen-bond donors (Lipinski definition) is 3. The predicted octanol–water partition coefficient (Wildman–Crippen LogP) is 0.0509. The minimum absolute atomic E-state index is 0.0765. The summed E-state index contributed by atoms with van der Waals surface area (Å²) in [5, 5.41) is 15.7. The first-order valence-corrected chi connectivity index (χ1v) is 7.52. The number of anilines is 1. The molecule has 0 saturated carbocycles. The molecule has 0 fully saturated rings. The molecule has 0 saturated heterocycles. The second-order valence-electron chi connectivity index (χ2n) is 3.97. The zero-order valence-corrected chi connectivity index (χ0v) is 12.4. The average molecular weight is 316 g/mol. The Kier molecular flexibility index (Phi) is 5.61. The van der Waals surface area contributed by atoms with Crippen LogP contribution < -0.4 is 15.4 Å². The Morgan fingerprint density at radius 2 is 2.05 bits per heavy atom. The fourth-order valence-corrected chi connectivity index (χ4v) is 2.73. The van der Waals surface area contributed by atoms with Gasteiger partial charge >= 0.3 is 0 Å². The second kappa shape index (κ2) is 6.99. The number of likely N-dealkylation sites (N-methyl/N-ethyl adjacent to an activating group) is 1. The molecular formula is C11H16N4O5S. The average Bonchev–Trinajstić information content (AvgIpc) is 2.44. The van der Waals surface area contributed by atoms with E-state index in [0.717, 1.165) is 18.2 Å². The molecule has 21 heavy (non-hydrogen) atoms. The fourth-order valence-electron chi connectivity index (χ4n) is 1.56. The second-order valence-corrected chi connectivity index (χ2v) is 5.70. The van der Waals surface area contributed by atoms with Gasteiger partial charge in [-0.05, 0) is 13.0 Å². The zero-order valence-electron chi connectivity index (χ0n) is 11.5. The topological polar surface area (TPSA) is 130 Å². The Labute approximate surface area is 121 Å². The summed E-state index contributed by atoms with van der Waals surface area (Å²) in [6.07, 6.45) is 0. The van der Waals surface area contributed by atoms with Crippen molar-refractivity contribution in [2.45, 2.75) is 11.8 Å². The van der Waals surface area contributed by atoms with Crippen molar-refractivity contribution < 1.29 is 18.1 Å². The number of rotatable bonds is 7. The van der Waals surface area contributed by atoms with Gasteiger partial charge in [-0.2, -0.15) is 0 Å². The monoisotopic (exact) mass is 316 g/mol. The first kappa shape index (κ1) is 16.9. The highest BCUT2D eigenvalue weighted by molar-refractivity contribution is 7.89. The van der Waals surface area contributed by atoms with Gasteiger partial charge in [-0.3, -0.25) is 14.9 Å². The lowest BCUT2D eigenvalue weighted by atomic mass is 10.3. The van der Waals surface area contributed by atoms with E-state index in [4.69, 9.17) is 0 Å². The van der Waals surface area contributed by atoms with Crippen molar-refractivity contribution in [3.8, 4) is 0 Å². The van der Waals surface area contributed by atoms with Crippen molar-refractivity contribution in [2.24, 2.45) is 0 Å². The SMILES string of the molecule is CCNC(=O)CNS(=O)(=O)c1ccc([N+](=O)[O-])cc1NC.